The van der Waals surface area contributed by atoms with E-state index in [4.69, 9.17) is 14.7 Å². The van der Waals surface area contributed by atoms with Crippen molar-refractivity contribution in [3.05, 3.63) is 0 Å². The first-order chi connectivity index (χ1) is 11.7. The van der Waals surface area contributed by atoms with Crippen molar-refractivity contribution in [2.24, 2.45) is 0 Å². The van der Waals surface area contributed by atoms with E-state index < -0.39 is 0 Å². The van der Waals surface area contributed by atoms with Crippen molar-refractivity contribution in [2.45, 2.75) is 115 Å². The number of nitrogens with zero attached hydrogens (tertiary/aromatic N) is 2. The van der Waals surface area contributed by atoms with Crippen molar-refractivity contribution in [3.63, 3.8) is 0 Å². The van der Waals surface area contributed by atoms with Crippen molar-refractivity contribution in [1.82, 2.24) is 10.1 Å². The third kappa shape index (κ3) is 4.78. The van der Waals surface area contributed by atoms with Gasteiger partial charge in [-0.25, -0.2) is 0 Å². The van der Waals surface area contributed by atoms with Gasteiger partial charge in [0.05, 0.1) is 36.5 Å². The van der Waals surface area contributed by atoms with Gasteiger partial charge in [0.25, 0.3) is 0 Å². The highest BCUT2D eigenvalue weighted by molar-refractivity contribution is 4.97. The molecular weight excluding hydrogens is 332 g/mol. The van der Waals surface area contributed by atoms with E-state index in [1.807, 2.05) is 0 Å². The Labute approximate surface area is 159 Å². The molecule has 26 heavy (non-hydrogen) atoms. The zero-order valence-corrected chi connectivity index (χ0v) is 18.1. The van der Waals surface area contributed by atoms with Gasteiger partial charge in [-0.1, -0.05) is 5.06 Å². The van der Waals surface area contributed by atoms with Crippen LogP contribution < -0.4 is 0 Å². The zero-order valence-electron chi connectivity index (χ0n) is 18.1. The lowest BCUT2D eigenvalue weighted by Gasteiger charge is -2.51. The van der Waals surface area contributed by atoms with Crippen LogP contribution in [-0.4, -0.2) is 68.1 Å². The van der Waals surface area contributed by atoms with Crippen LogP contribution >= 0.6 is 0 Å². The molecular formula is C20H41N2O4+. The van der Waals surface area contributed by atoms with Crippen LogP contribution in [0.3, 0.4) is 0 Å². The van der Waals surface area contributed by atoms with Crippen molar-refractivity contribution in [1.29, 1.82) is 0 Å². The monoisotopic (exact) mass is 373 g/mol. The van der Waals surface area contributed by atoms with Crippen LogP contribution in [0.25, 0.3) is 0 Å². The first-order valence-electron chi connectivity index (χ1n) is 9.91. The molecule has 154 valence electrons. The second-order valence-corrected chi connectivity index (χ2v) is 10.7. The summed E-state index contributed by atoms with van der Waals surface area (Å²) in [7, 11) is 0. The summed E-state index contributed by atoms with van der Waals surface area (Å²) in [5.74, 6) is 0. The normalized spacial score (nSPS) is 29.8. The van der Waals surface area contributed by atoms with E-state index in [1.165, 1.54) is 5.06 Å². The molecule has 0 spiro atoms. The molecule has 0 radical (unpaired) electrons. The largest absolute Gasteiger partial charge is 0.376 e. The van der Waals surface area contributed by atoms with Gasteiger partial charge in [0.2, 0.25) is 0 Å². The smallest absolute Gasteiger partial charge is 0.0859 e. The Kier molecular flexibility index (Phi) is 6.19. The Morgan fingerprint density at radius 3 is 1.38 bits per heavy atom. The minimum Gasteiger partial charge on any atom is -0.376 e. The van der Waals surface area contributed by atoms with Gasteiger partial charge in [-0.2, -0.15) is 5.06 Å². The summed E-state index contributed by atoms with van der Waals surface area (Å²) in [4.78, 5) is 0. The summed E-state index contributed by atoms with van der Waals surface area (Å²) in [5.41, 5.74) is -0.949. The molecule has 2 heterocycles. The second-order valence-electron chi connectivity index (χ2n) is 10.7. The Morgan fingerprint density at radius 2 is 1.04 bits per heavy atom. The van der Waals surface area contributed by atoms with Gasteiger partial charge in [-0.15, -0.1) is 0 Å². The maximum absolute atomic E-state index is 10.4. The Hall–Kier alpha value is -0.240. The van der Waals surface area contributed by atoms with Gasteiger partial charge >= 0.3 is 0 Å². The molecule has 2 fully saturated rings. The highest BCUT2D eigenvalue weighted by Crippen LogP contribution is 2.39. The van der Waals surface area contributed by atoms with Gasteiger partial charge in [0.15, 0.2) is 0 Å². The quantitative estimate of drug-likeness (QED) is 0.592. The molecule has 0 aromatic rings. The third-order valence-corrected chi connectivity index (χ3v) is 6.06. The van der Waals surface area contributed by atoms with E-state index in [9.17, 15) is 5.21 Å². The van der Waals surface area contributed by atoms with Crippen molar-refractivity contribution < 1.29 is 19.9 Å². The number of hydrogen-bond acceptors (Lipinski definition) is 5. The minimum absolute atomic E-state index is 0.134. The fraction of sp³-hybridized carbons (Fsp3) is 1.00. The van der Waals surface area contributed by atoms with Crippen LogP contribution in [0.15, 0.2) is 0 Å². The Balaban J connectivity index is 1.80. The highest BCUT2D eigenvalue weighted by Gasteiger charge is 2.49. The number of hydrogen-bond donors (Lipinski definition) is 1. The summed E-state index contributed by atoms with van der Waals surface area (Å²) in [6, 6.07) is 0. The van der Waals surface area contributed by atoms with E-state index in [0.717, 1.165) is 25.7 Å². The fourth-order valence-electron chi connectivity index (χ4n) is 5.03. The molecule has 6 nitrogen and oxygen atoms in total. The van der Waals surface area contributed by atoms with Gasteiger partial charge in [-0.05, 0) is 81.1 Å². The van der Waals surface area contributed by atoms with Gasteiger partial charge in [-0.3, -0.25) is 0 Å². The molecule has 2 rings (SSSR count). The Bertz CT molecular complexity index is 410. The lowest BCUT2D eigenvalue weighted by atomic mass is 9.80. The topological polar surface area (TPSA) is 68.1 Å². The lowest BCUT2D eigenvalue weighted by molar-refractivity contribution is -0.266. The van der Waals surface area contributed by atoms with Crippen molar-refractivity contribution >= 4 is 0 Å². The van der Waals surface area contributed by atoms with Gasteiger partial charge in [0, 0.05) is 11.1 Å². The summed E-state index contributed by atoms with van der Waals surface area (Å²) in [6.07, 6.45) is 3.65. The van der Waals surface area contributed by atoms with Gasteiger partial charge < -0.3 is 19.9 Å². The number of ether oxygens (including phenoxy) is 2. The van der Waals surface area contributed by atoms with E-state index in [2.05, 4.69) is 55.4 Å². The first-order valence-corrected chi connectivity index (χ1v) is 9.91. The maximum Gasteiger partial charge on any atom is 0.0859 e. The minimum atomic E-state index is -0.289. The van der Waals surface area contributed by atoms with Crippen molar-refractivity contribution in [3.8, 4) is 0 Å². The molecule has 0 aromatic heterocycles. The summed E-state index contributed by atoms with van der Waals surface area (Å²) < 4.78 is 12.2. The molecule has 0 bridgehead atoms. The third-order valence-electron chi connectivity index (χ3n) is 6.06. The maximum atomic E-state index is 10.4. The van der Waals surface area contributed by atoms with Crippen LogP contribution in [0, 0.1) is 0 Å². The van der Waals surface area contributed by atoms with Crippen LogP contribution in [0.2, 0.25) is 0 Å². The summed E-state index contributed by atoms with van der Waals surface area (Å²) in [5, 5.41) is 21.9. The highest BCUT2D eigenvalue weighted by atomic mass is 16.5. The number of hydroxylamine groups is 4. The standard InChI is InChI=1S/C20H40N2O4/c1-17(2)11-15(12-18(3,4)21(17)23)25-9-10-26-16-13-19(5,6)22(24)20(7,8)14-16/h15-16,23-24H,9-14H2,1-8H3/p+1. The molecule has 0 atom stereocenters. The van der Waals surface area contributed by atoms with E-state index in [-0.39, 0.29) is 34.4 Å². The van der Waals surface area contributed by atoms with Gasteiger partial charge in [0.1, 0.15) is 0 Å². The fourth-order valence-corrected chi connectivity index (χ4v) is 5.03. The molecule has 0 saturated carbocycles. The summed E-state index contributed by atoms with van der Waals surface area (Å²) >= 11 is 0. The van der Waals surface area contributed by atoms with Crippen molar-refractivity contribution in [2.75, 3.05) is 13.2 Å². The van der Waals surface area contributed by atoms with E-state index in [0.29, 0.717) is 13.2 Å². The average molecular weight is 374 g/mol. The molecule has 2 saturated heterocycles. The van der Waals surface area contributed by atoms with E-state index >= 15 is 0 Å². The molecule has 0 aliphatic carbocycles. The first kappa shape index (κ1) is 22.1. The van der Waals surface area contributed by atoms with E-state index in [1.54, 1.807) is 5.06 Å². The predicted molar refractivity (Wildman–Crippen MR) is 103 cm³/mol. The van der Waals surface area contributed by atoms with Crippen LogP contribution in [-0.2, 0) is 9.47 Å². The molecule has 0 unspecified atom stereocenters. The average Bonchev–Trinajstić information content (AvgIpc) is 2.45. The molecule has 2 aliphatic heterocycles. The molecule has 0 amide bonds. The zero-order chi connectivity index (χ0) is 20.0. The number of rotatable bonds is 5. The molecule has 3 N–H and O–H groups in total. The number of piperidine rings is 2. The van der Waals surface area contributed by atoms with Crippen LogP contribution in [0.5, 0.6) is 0 Å². The molecule has 0 aromatic carbocycles. The molecule has 2 aliphatic rings. The summed E-state index contributed by atoms with van der Waals surface area (Å²) in [6.45, 7) is 17.8. The lowest BCUT2D eigenvalue weighted by Crippen LogP contribution is -2.61. The SMILES string of the molecule is CC1(C)CC(OCCOC2CC(C)(C)N([OH2+])C(C)(C)C2)CC(C)(C)N1O. The second kappa shape index (κ2) is 7.30. The predicted octanol–water partition coefficient (Wildman–Crippen LogP) is 3.09. The molecule has 6 heteroatoms. The Morgan fingerprint density at radius 1 is 0.731 bits per heavy atom. The van der Waals surface area contributed by atoms with Crippen LogP contribution in [0.1, 0.15) is 81.1 Å². The van der Waals surface area contributed by atoms with Crippen LogP contribution in [0.4, 0.5) is 0 Å².